The fraction of sp³-hybridized carbons (Fsp3) is 0.176. The summed E-state index contributed by atoms with van der Waals surface area (Å²) in [6.07, 6.45) is 0.674. The zero-order valence-electron chi connectivity index (χ0n) is 12.1. The number of aliphatic carboxylic acids is 1. The summed E-state index contributed by atoms with van der Waals surface area (Å²) < 4.78 is 0. The van der Waals surface area contributed by atoms with Gasteiger partial charge in [-0.15, -0.1) is 11.8 Å². The van der Waals surface area contributed by atoms with Crippen molar-refractivity contribution in [2.75, 3.05) is 11.4 Å². The van der Waals surface area contributed by atoms with Crippen LogP contribution in [0.2, 0.25) is 5.02 Å². The molecule has 1 unspecified atom stereocenters. The van der Waals surface area contributed by atoms with E-state index in [2.05, 4.69) is 0 Å². The monoisotopic (exact) mass is 363 g/mol. The van der Waals surface area contributed by atoms with E-state index in [1.54, 1.807) is 16.7 Å². The number of para-hydroxylation sites is 1. The van der Waals surface area contributed by atoms with Crippen LogP contribution >= 0.6 is 35.6 Å². The summed E-state index contributed by atoms with van der Waals surface area (Å²) in [4.78, 5) is 14.6. The van der Waals surface area contributed by atoms with Gasteiger partial charge in [0.2, 0.25) is 0 Å². The first kappa shape index (κ1) is 16.3. The maximum absolute atomic E-state index is 11.2. The van der Waals surface area contributed by atoms with Crippen molar-refractivity contribution in [1.82, 2.24) is 0 Å². The van der Waals surface area contributed by atoms with Crippen molar-refractivity contribution in [1.29, 1.82) is 0 Å². The van der Waals surface area contributed by atoms with E-state index in [9.17, 15) is 9.90 Å². The molecule has 0 fully saturated rings. The molecule has 0 aliphatic carbocycles. The van der Waals surface area contributed by atoms with Crippen molar-refractivity contribution in [2.24, 2.45) is 0 Å². The van der Waals surface area contributed by atoms with Gasteiger partial charge in [0.15, 0.2) is 0 Å². The van der Waals surface area contributed by atoms with E-state index in [1.165, 1.54) is 0 Å². The molecule has 23 heavy (non-hydrogen) atoms. The Labute approximate surface area is 149 Å². The Morgan fingerprint density at radius 3 is 2.65 bits per heavy atom. The maximum atomic E-state index is 11.2. The summed E-state index contributed by atoms with van der Waals surface area (Å²) in [6, 6.07) is 15.4. The molecule has 0 bridgehead atoms. The molecule has 2 aromatic carbocycles. The van der Waals surface area contributed by atoms with Crippen LogP contribution in [0.4, 0.5) is 5.69 Å². The van der Waals surface area contributed by atoms with Gasteiger partial charge < -0.3 is 10.0 Å². The summed E-state index contributed by atoms with van der Waals surface area (Å²) in [7, 11) is 0. The summed E-state index contributed by atoms with van der Waals surface area (Å²) in [5, 5.41) is 9.89. The highest BCUT2D eigenvalue weighted by molar-refractivity contribution is 8.02. The highest BCUT2D eigenvalue weighted by Gasteiger charge is 2.31. The molecule has 0 saturated carbocycles. The van der Waals surface area contributed by atoms with E-state index in [0.717, 1.165) is 16.1 Å². The highest BCUT2D eigenvalue weighted by Crippen LogP contribution is 2.41. The molecule has 3 nitrogen and oxygen atoms in total. The number of rotatable bonds is 4. The fourth-order valence-corrected chi connectivity index (χ4v) is 4.42. The largest absolute Gasteiger partial charge is 0.480 e. The number of anilines is 1. The number of fused-ring (bicyclic) bond motifs is 1. The van der Waals surface area contributed by atoms with Crippen LogP contribution in [0.5, 0.6) is 0 Å². The number of benzene rings is 2. The number of carboxylic acid groups (broad SMARTS) is 1. The first-order valence-corrected chi connectivity index (χ1v) is 8.75. The molecule has 6 heteroatoms. The van der Waals surface area contributed by atoms with Crippen molar-refractivity contribution in [2.45, 2.75) is 16.6 Å². The molecule has 1 heterocycles. The predicted molar refractivity (Wildman–Crippen MR) is 98.8 cm³/mol. The van der Waals surface area contributed by atoms with Crippen LogP contribution < -0.4 is 4.90 Å². The van der Waals surface area contributed by atoms with Gasteiger partial charge in [-0.3, -0.25) is 4.79 Å². The molecule has 1 atom stereocenters. The van der Waals surface area contributed by atoms with Crippen LogP contribution in [0.25, 0.3) is 0 Å². The number of thioether (sulfide) groups is 1. The number of carboxylic acids is 1. The van der Waals surface area contributed by atoms with Crippen molar-refractivity contribution in [3.63, 3.8) is 0 Å². The topological polar surface area (TPSA) is 40.5 Å². The van der Waals surface area contributed by atoms with Crippen LogP contribution in [0.1, 0.15) is 5.56 Å². The zero-order valence-corrected chi connectivity index (χ0v) is 14.5. The Balaban J connectivity index is 1.93. The van der Waals surface area contributed by atoms with E-state index in [4.69, 9.17) is 23.8 Å². The lowest BCUT2D eigenvalue weighted by Gasteiger charge is -2.35. The smallest absolute Gasteiger partial charge is 0.323 e. The molecule has 1 N–H and O–H groups in total. The molecule has 118 valence electrons. The third-order valence-electron chi connectivity index (χ3n) is 3.62. The van der Waals surface area contributed by atoms with Crippen LogP contribution in [0, 0.1) is 0 Å². The highest BCUT2D eigenvalue weighted by atomic mass is 35.5. The Bertz CT molecular complexity index is 766. The van der Waals surface area contributed by atoms with E-state index < -0.39 is 5.97 Å². The molecular weight excluding hydrogens is 350 g/mol. The molecule has 1 aliphatic heterocycles. The normalized spacial score (nSPS) is 17.0. The number of thiocarbonyl (C=S) groups is 1. The number of hydrogen-bond donors (Lipinski definition) is 1. The van der Waals surface area contributed by atoms with Gasteiger partial charge in [-0.05, 0) is 30.2 Å². The number of hydrogen-bond acceptors (Lipinski definition) is 3. The van der Waals surface area contributed by atoms with Gasteiger partial charge in [0.1, 0.15) is 6.54 Å². The minimum absolute atomic E-state index is 0.0147. The second-order valence-corrected chi connectivity index (χ2v) is 7.26. The van der Waals surface area contributed by atoms with Crippen molar-refractivity contribution in [3.05, 3.63) is 59.1 Å². The van der Waals surface area contributed by atoms with Crippen LogP contribution in [-0.2, 0) is 11.2 Å². The molecular formula is C17H14ClNO2S2. The summed E-state index contributed by atoms with van der Waals surface area (Å²) in [5.41, 5.74) is 1.88. The summed E-state index contributed by atoms with van der Waals surface area (Å²) in [6.45, 7) is -0.130. The maximum Gasteiger partial charge on any atom is 0.323 e. The second kappa shape index (κ2) is 6.91. The number of nitrogens with zero attached hydrogens (tertiary/aromatic N) is 1. The molecule has 0 aromatic heterocycles. The first-order chi connectivity index (χ1) is 11.1. The average Bonchev–Trinajstić information content (AvgIpc) is 2.53. The van der Waals surface area contributed by atoms with Gasteiger partial charge in [-0.1, -0.05) is 54.2 Å². The number of carbonyl (C=O) groups is 1. The minimum atomic E-state index is -0.898. The van der Waals surface area contributed by atoms with E-state index in [-0.39, 0.29) is 11.8 Å². The Morgan fingerprint density at radius 2 is 1.91 bits per heavy atom. The van der Waals surface area contributed by atoms with Gasteiger partial charge in [0.05, 0.1) is 15.9 Å². The van der Waals surface area contributed by atoms with Crippen molar-refractivity contribution >= 4 is 52.2 Å². The molecule has 0 radical (unpaired) electrons. The first-order valence-electron chi connectivity index (χ1n) is 7.08. The second-order valence-electron chi connectivity index (χ2n) is 5.19. The van der Waals surface area contributed by atoms with Crippen LogP contribution in [0.3, 0.4) is 0 Å². The fourth-order valence-electron chi connectivity index (χ4n) is 2.57. The number of halogens is 1. The minimum Gasteiger partial charge on any atom is -0.480 e. The van der Waals surface area contributed by atoms with Gasteiger partial charge in [0, 0.05) is 9.92 Å². The molecule has 1 aliphatic rings. The van der Waals surface area contributed by atoms with Crippen LogP contribution in [0.15, 0.2) is 53.4 Å². The lowest BCUT2D eigenvalue weighted by molar-refractivity contribution is -0.135. The van der Waals surface area contributed by atoms with E-state index >= 15 is 0 Å². The molecule has 0 amide bonds. The lowest BCUT2D eigenvalue weighted by Crippen LogP contribution is -2.43. The van der Waals surface area contributed by atoms with Gasteiger partial charge in [-0.2, -0.15) is 0 Å². The molecule has 2 aromatic rings. The summed E-state index contributed by atoms with van der Waals surface area (Å²) >= 11 is 13.5. The standard InChI is InChI=1S/C17H14ClNO2S2/c18-12-6-2-1-5-11(12)9-15-17(22)19(10-16(20)21)13-7-3-4-8-14(13)23-15/h1-8,15H,9-10H2,(H,20,21). The Hall–Kier alpha value is -1.56. The molecule has 3 rings (SSSR count). The third kappa shape index (κ3) is 3.52. The molecule has 0 spiro atoms. The quantitative estimate of drug-likeness (QED) is 0.821. The van der Waals surface area contributed by atoms with E-state index in [0.29, 0.717) is 16.4 Å². The van der Waals surface area contributed by atoms with Gasteiger partial charge >= 0.3 is 5.97 Å². The Kier molecular flexibility index (Phi) is 4.90. The average molecular weight is 364 g/mol. The van der Waals surface area contributed by atoms with E-state index in [1.807, 2.05) is 48.5 Å². The Morgan fingerprint density at radius 1 is 1.22 bits per heavy atom. The third-order valence-corrected chi connectivity index (χ3v) is 5.92. The van der Waals surface area contributed by atoms with Gasteiger partial charge in [0.25, 0.3) is 0 Å². The molecule has 0 saturated heterocycles. The van der Waals surface area contributed by atoms with Crippen LogP contribution in [-0.4, -0.2) is 27.9 Å². The lowest BCUT2D eigenvalue weighted by atomic mass is 10.1. The van der Waals surface area contributed by atoms with Gasteiger partial charge in [-0.25, -0.2) is 0 Å². The SMILES string of the molecule is O=C(O)CN1C(=S)C(Cc2ccccc2Cl)Sc2ccccc21. The zero-order chi connectivity index (χ0) is 16.4. The van der Waals surface area contributed by atoms with Crippen molar-refractivity contribution in [3.8, 4) is 0 Å². The summed E-state index contributed by atoms with van der Waals surface area (Å²) in [5.74, 6) is -0.898. The predicted octanol–water partition coefficient (Wildman–Crippen LogP) is 4.28. The van der Waals surface area contributed by atoms with Crippen molar-refractivity contribution < 1.29 is 9.90 Å².